The number of hydrogen-bond donors (Lipinski definition) is 2. The van der Waals surface area contributed by atoms with Crippen LogP contribution in [0.25, 0.3) is 0 Å². The number of aromatic nitrogens is 1. The Morgan fingerprint density at radius 2 is 2.31 bits per heavy atom. The van der Waals surface area contributed by atoms with Gasteiger partial charge >= 0.3 is 6.09 Å². The predicted octanol–water partition coefficient (Wildman–Crippen LogP) is 1.49. The molecule has 1 heterocycles. The van der Waals surface area contributed by atoms with E-state index in [-0.39, 0.29) is 0 Å². The fourth-order valence-corrected chi connectivity index (χ4v) is 0.953. The average molecular weight is 182 g/mol. The SMILES string of the molecule is COc1cncc(NC(=O)O)c1C. The van der Waals surface area contributed by atoms with Crippen molar-refractivity contribution in [1.82, 2.24) is 4.98 Å². The van der Waals surface area contributed by atoms with Crippen LogP contribution in [-0.2, 0) is 0 Å². The Labute approximate surface area is 75.4 Å². The molecule has 0 atom stereocenters. The molecular formula is C8H10N2O3. The van der Waals surface area contributed by atoms with Crippen LogP contribution < -0.4 is 10.1 Å². The van der Waals surface area contributed by atoms with E-state index in [2.05, 4.69) is 10.3 Å². The van der Waals surface area contributed by atoms with E-state index in [1.54, 1.807) is 6.92 Å². The molecule has 0 fully saturated rings. The van der Waals surface area contributed by atoms with E-state index < -0.39 is 6.09 Å². The zero-order valence-corrected chi connectivity index (χ0v) is 7.37. The molecule has 0 spiro atoms. The Hall–Kier alpha value is -1.78. The number of methoxy groups -OCH3 is 1. The minimum atomic E-state index is -1.11. The fourth-order valence-electron chi connectivity index (χ4n) is 0.953. The molecule has 1 aromatic rings. The van der Waals surface area contributed by atoms with Gasteiger partial charge in [-0.1, -0.05) is 0 Å². The molecule has 0 radical (unpaired) electrons. The van der Waals surface area contributed by atoms with Gasteiger partial charge in [0.1, 0.15) is 5.75 Å². The highest BCUT2D eigenvalue weighted by Gasteiger charge is 2.06. The van der Waals surface area contributed by atoms with Crippen molar-refractivity contribution >= 4 is 11.8 Å². The smallest absolute Gasteiger partial charge is 0.409 e. The third-order valence-corrected chi connectivity index (χ3v) is 1.63. The number of amides is 1. The van der Waals surface area contributed by atoms with E-state index >= 15 is 0 Å². The highest BCUT2D eigenvalue weighted by atomic mass is 16.5. The molecule has 0 aliphatic carbocycles. The molecule has 1 aromatic heterocycles. The fraction of sp³-hybridized carbons (Fsp3) is 0.250. The molecular weight excluding hydrogens is 172 g/mol. The first-order valence-corrected chi connectivity index (χ1v) is 3.63. The number of anilines is 1. The second kappa shape index (κ2) is 3.75. The number of carboxylic acid groups (broad SMARTS) is 1. The largest absolute Gasteiger partial charge is 0.495 e. The lowest BCUT2D eigenvalue weighted by molar-refractivity contribution is 0.209. The molecule has 1 rings (SSSR count). The van der Waals surface area contributed by atoms with Crippen molar-refractivity contribution in [2.75, 3.05) is 12.4 Å². The average Bonchev–Trinajstić information content (AvgIpc) is 2.08. The molecule has 1 amide bonds. The normalized spacial score (nSPS) is 9.38. The first-order chi connectivity index (χ1) is 6.15. The summed E-state index contributed by atoms with van der Waals surface area (Å²) in [4.78, 5) is 14.2. The van der Waals surface area contributed by atoms with Gasteiger partial charge in [0.25, 0.3) is 0 Å². The van der Waals surface area contributed by atoms with Crippen LogP contribution in [0.5, 0.6) is 5.75 Å². The van der Waals surface area contributed by atoms with Crippen LogP contribution in [0.4, 0.5) is 10.5 Å². The molecule has 0 aliphatic heterocycles. The molecule has 0 unspecified atom stereocenters. The molecule has 70 valence electrons. The first-order valence-electron chi connectivity index (χ1n) is 3.63. The minimum Gasteiger partial charge on any atom is -0.495 e. The van der Waals surface area contributed by atoms with Gasteiger partial charge in [0.2, 0.25) is 0 Å². The van der Waals surface area contributed by atoms with E-state index in [9.17, 15) is 4.79 Å². The summed E-state index contributed by atoms with van der Waals surface area (Å²) in [5.41, 5.74) is 1.16. The van der Waals surface area contributed by atoms with Crippen molar-refractivity contribution in [3.63, 3.8) is 0 Å². The van der Waals surface area contributed by atoms with Gasteiger partial charge in [-0.25, -0.2) is 4.79 Å². The molecule has 0 aliphatic rings. The molecule has 5 nitrogen and oxygen atoms in total. The second-order valence-electron chi connectivity index (χ2n) is 2.44. The monoisotopic (exact) mass is 182 g/mol. The first kappa shape index (κ1) is 9.31. The molecule has 2 N–H and O–H groups in total. The van der Waals surface area contributed by atoms with Gasteiger partial charge in [0.15, 0.2) is 0 Å². The van der Waals surface area contributed by atoms with Gasteiger partial charge in [0, 0.05) is 5.56 Å². The topological polar surface area (TPSA) is 71.5 Å². The Balaban J connectivity index is 3.01. The minimum absolute atomic E-state index is 0.437. The highest BCUT2D eigenvalue weighted by Crippen LogP contribution is 2.22. The summed E-state index contributed by atoms with van der Waals surface area (Å²) in [6.45, 7) is 1.76. The maximum atomic E-state index is 10.3. The van der Waals surface area contributed by atoms with Crippen LogP contribution in [0.3, 0.4) is 0 Å². The lowest BCUT2D eigenvalue weighted by Crippen LogP contribution is -2.09. The van der Waals surface area contributed by atoms with Crippen LogP contribution in [0.15, 0.2) is 12.4 Å². The molecule has 13 heavy (non-hydrogen) atoms. The van der Waals surface area contributed by atoms with E-state index in [0.717, 1.165) is 5.56 Å². The lowest BCUT2D eigenvalue weighted by atomic mass is 10.2. The Morgan fingerprint density at radius 1 is 1.62 bits per heavy atom. The summed E-state index contributed by atoms with van der Waals surface area (Å²) in [6.07, 6.45) is 1.85. The Kier molecular flexibility index (Phi) is 2.69. The van der Waals surface area contributed by atoms with E-state index in [1.807, 2.05) is 0 Å². The predicted molar refractivity (Wildman–Crippen MR) is 47.2 cm³/mol. The highest BCUT2D eigenvalue weighted by molar-refractivity contribution is 5.84. The van der Waals surface area contributed by atoms with Crippen molar-refractivity contribution in [2.24, 2.45) is 0 Å². The summed E-state index contributed by atoms with van der Waals surface area (Å²) >= 11 is 0. The van der Waals surface area contributed by atoms with Crippen molar-refractivity contribution in [3.8, 4) is 5.75 Å². The standard InChI is InChI=1S/C8H10N2O3/c1-5-6(10-8(11)12)3-9-4-7(5)13-2/h3-4,10H,1-2H3,(H,11,12). The van der Waals surface area contributed by atoms with Crippen LogP contribution in [-0.4, -0.2) is 23.3 Å². The summed E-state index contributed by atoms with van der Waals surface area (Å²) in [5.74, 6) is 0.561. The molecule has 0 saturated heterocycles. The van der Waals surface area contributed by atoms with E-state index in [1.165, 1.54) is 19.5 Å². The van der Waals surface area contributed by atoms with Crippen molar-refractivity contribution in [3.05, 3.63) is 18.0 Å². The molecule has 0 bridgehead atoms. The molecule has 5 heteroatoms. The van der Waals surface area contributed by atoms with Gasteiger partial charge in [0.05, 0.1) is 25.2 Å². The number of nitrogens with one attached hydrogen (secondary N) is 1. The van der Waals surface area contributed by atoms with Gasteiger partial charge in [-0.3, -0.25) is 10.3 Å². The quantitative estimate of drug-likeness (QED) is 0.726. The van der Waals surface area contributed by atoms with Crippen molar-refractivity contribution < 1.29 is 14.6 Å². The number of rotatable bonds is 2. The summed E-state index contributed by atoms with van der Waals surface area (Å²) in [7, 11) is 1.51. The lowest BCUT2D eigenvalue weighted by Gasteiger charge is -2.08. The van der Waals surface area contributed by atoms with Crippen LogP contribution >= 0.6 is 0 Å². The number of pyridine rings is 1. The van der Waals surface area contributed by atoms with E-state index in [0.29, 0.717) is 11.4 Å². The number of hydrogen-bond acceptors (Lipinski definition) is 3. The summed E-state index contributed by atoms with van der Waals surface area (Å²) < 4.78 is 4.97. The van der Waals surface area contributed by atoms with Crippen LogP contribution in [0.2, 0.25) is 0 Å². The Bertz CT molecular complexity index is 325. The third-order valence-electron chi connectivity index (χ3n) is 1.63. The zero-order chi connectivity index (χ0) is 9.84. The maximum absolute atomic E-state index is 10.3. The third kappa shape index (κ3) is 2.08. The van der Waals surface area contributed by atoms with Gasteiger partial charge in [-0.05, 0) is 6.92 Å². The van der Waals surface area contributed by atoms with Crippen LogP contribution in [0.1, 0.15) is 5.56 Å². The van der Waals surface area contributed by atoms with Crippen molar-refractivity contribution in [2.45, 2.75) is 6.92 Å². The van der Waals surface area contributed by atoms with Gasteiger partial charge in [-0.15, -0.1) is 0 Å². The maximum Gasteiger partial charge on any atom is 0.409 e. The number of ether oxygens (including phenoxy) is 1. The second-order valence-corrected chi connectivity index (χ2v) is 2.44. The van der Waals surface area contributed by atoms with Gasteiger partial charge in [-0.2, -0.15) is 0 Å². The van der Waals surface area contributed by atoms with E-state index in [4.69, 9.17) is 9.84 Å². The number of carbonyl (C=O) groups is 1. The van der Waals surface area contributed by atoms with Gasteiger partial charge < -0.3 is 9.84 Å². The van der Waals surface area contributed by atoms with Crippen molar-refractivity contribution in [1.29, 1.82) is 0 Å². The molecule has 0 saturated carbocycles. The zero-order valence-electron chi connectivity index (χ0n) is 7.37. The Morgan fingerprint density at radius 3 is 2.85 bits per heavy atom. The summed E-state index contributed by atoms with van der Waals surface area (Å²) in [5, 5.41) is 10.7. The number of nitrogens with zero attached hydrogens (tertiary/aromatic N) is 1. The summed E-state index contributed by atoms with van der Waals surface area (Å²) in [6, 6.07) is 0. The molecule has 0 aromatic carbocycles. The van der Waals surface area contributed by atoms with Crippen LogP contribution in [0, 0.1) is 6.92 Å².